The first kappa shape index (κ1) is 19.4. The summed E-state index contributed by atoms with van der Waals surface area (Å²) in [5.74, 6) is 3.08. The molecule has 0 amide bonds. The Balaban J connectivity index is 4.64. The number of rotatable bonds is 9. The van der Waals surface area contributed by atoms with Gasteiger partial charge in [-0.25, -0.2) is 0 Å². The molecule has 21 heavy (non-hydrogen) atoms. The minimum atomic E-state index is 0.167. The molecule has 0 aromatic heterocycles. The maximum Gasteiger partial charge on any atom is 0.182 e. The molecule has 4 heteroatoms. The lowest BCUT2D eigenvalue weighted by molar-refractivity contribution is 0.234. The topological polar surface area (TPSA) is 72.0 Å². The van der Waals surface area contributed by atoms with E-state index in [1.165, 1.54) is 12.8 Å². The van der Waals surface area contributed by atoms with Gasteiger partial charge in [0.25, 0.3) is 0 Å². The summed E-state index contributed by atoms with van der Waals surface area (Å²) in [6, 6.07) is 2.03. The van der Waals surface area contributed by atoms with Gasteiger partial charge in [-0.1, -0.05) is 47.5 Å². The van der Waals surface area contributed by atoms with E-state index in [1.807, 2.05) is 12.3 Å². The van der Waals surface area contributed by atoms with Crippen LogP contribution in [0, 0.1) is 46.5 Å². The SMILES string of the molecule is CCC(CC(CC)C(C)CN=C(CC#N)NC#N)C(C)C. The smallest absolute Gasteiger partial charge is 0.182 e. The third kappa shape index (κ3) is 7.71. The molecular formula is C17H30N4. The molecule has 1 N–H and O–H groups in total. The van der Waals surface area contributed by atoms with Gasteiger partial charge in [-0.15, -0.1) is 0 Å². The number of nitrogens with zero attached hydrogens (tertiary/aromatic N) is 3. The largest absolute Gasteiger partial charge is 0.280 e. The number of nitrogens with one attached hydrogen (secondary N) is 1. The summed E-state index contributed by atoms with van der Waals surface area (Å²) in [4.78, 5) is 4.41. The van der Waals surface area contributed by atoms with E-state index in [9.17, 15) is 0 Å². The zero-order valence-electron chi connectivity index (χ0n) is 14.2. The first-order valence-electron chi connectivity index (χ1n) is 8.05. The van der Waals surface area contributed by atoms with Crippen molar-refractivity contribution in [2.45, 2.75) is 60.3 Å². The molecule has 4 nitrogen and oxygen atoms in total. The third-order valence-electron chi connectivity index (χ3n) is 4.42. The zero-order chi connectivity index (χ0) is 16.3. The van der Waals surface area contributed by atoms with Crippen molar-refractivity contribution >= 4 is 5.84 Å². The van der Waals surface area contributed by atoms with Gasteiger partial charge in [0, 0.05) is 6.54 Å². The van der Waals surface area contributed by atoms with Crippen molar-refractivity contribution in [1.82, 2.24) is 5.32 Å². The Labute approximate surface area is 130 Å². The van der Waals surface area contributed by atoms with Gasteiger partial charge in [0.1, 0.15) is 5.84 Å². The molecule has 0 saturated carbocycles. The van der Waals surface area contributed by atoms with Crippen molar-refractivity contribution in [3.8, 4) is 12.3 Å². The molecule has 3 unspecified atom stereocenters. The minimum Gasteiger partial charge on any atom is -0.280 e. The van der Waals surface area contributed by atoms with Crippen LogP contribution in [0.15, 0.2) is 4.99 Å². The Morgan fingerprint density at radius 1 is 1.10 bits per heavy atom. The van der Waals surface area contributed by atoms with Crippen molar-refractivity contribution in [2.75, 3.05) is 6.54 Å². The molecule has 0 heterocycles. The average molecular weight is 290 g/mol. The molecule has 0 bridgehead atoms. The predicted molar refractivity (Wildman–Crippen MR) is 87.5 cm³/mol. The summed E-state index contributed by atoms with van der Waals surface area (Å²) in [5, 5.41) is 19.9. The van der Waals surface area contributed by atoms with Crippen LogP contribution < -0.4 is 5.32 Å². The molecule has 0 spiro atoms. The number of amidine groups is 1. The van der Waals surface area contributed by atoms with Gasteiger partial charge in [-0.05, 0) is 30.1 Å². The summed E-state index contributed by atoms with van der Waals surface area (Å²) in [7, 11) is 0. The van der Waals surface area contributed by atoms with E-state index < -0.39 is 0 Å². The fraction of sp³-hybridized carbons (Fsp3) is 0.824. The highest BCUT2D eigenvalue weighted by Gasteiger charge is 2.21. The van der Waals surface area contributed by atoms with Crippen molar-refractivity contribution in [3.05, 3.63) is 0 Å². The fourth-order valence-electron chi connectivity index (χ4n) is 2.78. The van der Waals surface area contributed by atoms with Crippen molar-refractivity contribution in [2.24, 2.45) is 28.7 Å². The molecule has 3 atom stereocenters. The number of hydrogen-bond donors (Lipinski definition) is 1. The Hall–Kier alpha value is -1.55. The molecular weight excluding hydrogens is 260 g/mol. The van der Waals surface area contributed by atoms with Crippen molar-refractivity contribution < 1.29 is 0 Å². The Bertz CT molecular complexity index is 369. The lowest BCUT2D eigenvalue weighted by atomic mass is 9.78. The van der Waals surface area contributed by atoms with Gasteiger partial charge >= 0.3 is 0 Å². The van der Waals surface area contributed by atoms with Crippen LogP contribution in [-0.2, 0) is 0 Å². The summed E-state index contributed by atoms with van der Waals surface area (Å²) in [6.45, 7) is 12.0. The van der Waals surface area contributed by atoms with Gasteiger partial charge < -0.3 is 0 Å². The average Bonchev–Trinajstić information content (AvgIpc) is 2.45. The van der Waals surface area contributed by atoms with Crippen LogP contribution >= 0.6 is 0 Å². The quantitative estimate of drug-likeness (QED) is 0.301. The van der Waals surface area contributed by atoms with Gasteiger partial charge in [-0.3, -0.25) is 10.3 Å². The fourth-order valence-corrected chi connectivity index (χ4v) is 2.78. The van der Waals surface area contributed by atoms with Crippen LogP contribution in [0.1, 0.15) is 60.3 Å². The lowest BCUT2D eigenvalue weighted by Gasteiger charge is -2.28. The van der Waals surface area contributed by atoms with E-state index in [4.69, 9.17) is 10.5 Å². The molecule has 0 aromatic rings. The standard InChI is InChI=1S/C17H30N4/c1-6-15(13(3)4)10-16(7-2)14(5)11-20-17(8-9-18)21-12-19/h13-16H,6-8,10-11H2,1-5H3,(H,20,21). The third-order valence-corrected chi connectivity index (χ3v) is 4.42. The maximum absolute atomic E-state index is 8.72. The van der Waals surface area contributed by atoms with E-state index in [2.05, 4.69) is 44.9 Å². The van der Waals surface area contributed by atoms with Crippen LogP contribution in [0.2, 0.25) is 0 Å². The molecule has 0 radical (unpaired) electrons. The van der Waals surface area contributed by atoms with Crippen LogP contribution in [0.3, 0.4) is 0 Å². The van der Waals surface area contributed by atoms with E-state index in [0.717, 1.165) is 12.3 Å². The molecule has 0 saturated heterocycles. The second-order valence-electron chi connectivity index (χ2n) is 6.15. The summed E-state index contributed by atoms with van der Waals surface area (Å²) in [5.41, 5.74) is 0. The summed E-state index contributed by atoms with van der Waals surface area (Å²) < 4.78 is 0. The first-order valence-corrected chi connectivity index (χ1v) is 8.05. The first-order chi connectivity index (χ1) is 9.99. The highest BCUT2D eigenvalue weighted by atomic mass is 15.0. The van der Waals surface area contributed by atoms with Crippen molar-refractivity contribution in [3.63, 3.8) is 0 Å². The van der Waals surface area contributed by atoms with Crippen LogP contribution in [0.25, 0.3) is 0 Å². The molecule has 0 aliphatic heterocycles. The Morgan fingerprint density at radius 3 is 2.14 bits per heavy atom. The highest BCUT2D eigenvalue weighted by molar-refractivity contribution is 5.85. The molecule has 0 fully saturated rings. The lowest BCUT2D eigenvalue weighted by Crippen LogP contribution is -2.23. The summed E-state index contributed by atoms with van der Waals surface area (Å²) in [6.07, 6.45) is 5.62. The summed E-state index contributed by atoms with van der Waals surface area (Å²) >= 11 is 0. The second-order valence-corrected chi connectivity index (χ2v) is 6.15. The Morgan fingerprint density at radius 2 is 1.71 bits per heavy atom. The molecule has 0 aromatic carbocycles. The molecule has 118 valence electrons. The van der Waals surface area contributed by atoms with E-state index in [0.29, 0.717) is 30.1 Å². The van der Waals surface area contributed by atoms with E-state index in [-0.39, 0.29) is 6.42 Å². The molecule has 0 aliphatic rings. The van der Waals surface area contributed by atoms with Crippen LogP contribution in [0.4, 0.5) is 0 Å². The zero-order valence-corrected chi connectivity index (χ0v) is 14.2. The number of nitriles is 2. The predicted octanol–water partition coefficient (Wildman–Crippen LogP) is 4.10. The Kier molecular flexibility index (Phi) is 10.3. The normalized spacial score (nSPS) is 15.9. The van der Waals surface area contributed by atoms with Gasteiger partial charge in [0.05, 0.1) is 12.5 Å². The number of aliphatic imine (C=N–C) groups is 1. The van der Waals surface area contributed by atoms with Crippen molar-refractivity contribution in [1.29, 1.82) is 10.5 Å². The minimum absolute atomic E-state index is 0.167. The van der Waals surface area contributed by atoms with Crippen LogP contribution in [-0.4, -0.2) is 12.4 Å². The second kappa shape index (κ2) is 11.1. The van der Waals surface area contributed by atoms with Gasteiger partial charge in [-0.2, -0.15) is 10.5 Å². The van der Waals surface area contributed by atoms with E-state index in [1.54, 1.807) is 0 Å². The van der Waals surface area contributed by atoms with Gasteiger partial charge in [0.2, 0.25) is 0 Å². The molecule has 0 rings (SSSR count). The van der Waals surface area contributed by atoms with Crippen LogP contribution in [0.5, 0.6) is 0 Å². The monoisotopic (exact) mass is 290 g/mol. The number of hydrogen-bond acceptors (Lipinski definition) is 3. The highest BCUT2D eigenvalue weighted by Crippen LogP contribution is 2.29. The van der Waals surface area contributed by atoms with E-state index >= 15 is 0 Å². The maximum atomic E-state index is 8.72. The molecule has 0 aliphatic carbocycles. The van der Waals surface area contributed by atoms with Gasteiger partial charge in [0.15, 0.2) is 6.19 Å².